The van der Waals surface area contributed by atoms with Gasteiger partial charge in [-0.05, 0) is 24.2 Å². The van der Waals surface area contributed by atoms with Crippen LogP contribution in [-0.2, 0) is 0 Å². The molecule has 0 aliphatic heterocycles. The van der Waals surface area contributed by atoms with Crippen molar-refractivity contribution in [2.75, 3.05) is 0 Å². The third-order valence-corrected chi connectivity index (χ3v) is 3.65. The summed E-state index contributed by atoms with van der Waals surface area (Å²) in [6, 6.07) is -0.0256. The first-order valence-corrected chi connectivity index (χ1v) is 6.82. The van der Waals surface area contributed by atoms with Gasteiger partial charge in [-0.3, -0.25) is 0 Å². The fourth-order valence-electron chi connectivity index (χ4n) is 2.74. The van der Waals surface area contributed by atoms with E-state index in [1.807, 2.05) is 0 Å². The molecule has 1 aliphatic carbocycles. The highest BCUT2D eigenvalue weighted by atomic mass is 16.3. The Labute approximate surface area is 101 Å². The maximum atomic E-state index is 10.1. The van der Waals surface area contributed by atoms with Gasteiger partial charge in [0, 0.05) is 6.04 Å². The average molecular weight is 227 g/mol. The summed E-state index contributed by atoms with van der Waals surface area (Å²) in [5.41, 5.74) is 6.28. The molecule has 0 radical (unpaired) electrons. The summed E-state index contributed by atoms with van der Waals surface area (Å²) in [6.45, 7) is 6.47. The van der Waals surface area contributed by atoms with Crippen molar-refractivity contribution in [1.29, 1.82) is 0 Å². The lowest BCUT2D eigenvalue weighted by Gasteiger charge is -2.30. The van der Waals surface area contributed by atoms with Gasteiger partial charge in [0.05, 0.1) is 6.10 Å². The number of rotatable bonds is 4. The van der Waals surface area contributed by atoms with Crippen molar-refractivity contribution >= 4 is 0 Å². The van der Waals surface area contributed by atoms with E-state index in [0.29, 0.717) is 0 Å². The molecule has 0 spiro atoms. The minimum absolute atomic E-state index is 0.0256. The van der Waals surface area contributed by atoms with E-state index in [1.54, 1.807) is 0 Å². The highest BCUT2D eigenvalue weighted by Gasteiger charge is 2.25. The van der Waals surface area contributed by atoms with E-state index in [9.17, 15) is 5.11 Å². The normalized spacial score (nSPS) is 23.1. The molecular weight excluding hydrogens is 198 g/mol. The van der Waals surface area contributed by atoms with Gasteiger partial charge in [0.15, 0.2) is 0 Å². The summed E-state index contributed by atoms with van der Waals surface area (Å²) in [7, 11) is 0. The number of aliphatic hydroxyl groups is 1. The molecule has 1 aliphatic rings. The minimum Gasteiger partial charge on any atom is -0.391 e. The molecule has 0 saturated heterocycles. The molecule has 0 unspecified atom stereocenters. The van der Waals surface area contributed by atoms with Crippen LogP contribution in [-0.4, -0.2) is 17.3 Å². The van der Waals surface area contributed by atoms with E-state index < -0.39 is 0 Å². The highest BCUT2D eigenvalue weighted by Crippen LogP contribution is 2.29. The Bertz CT molecular complexity index is 191. The molecule has 0 bridgehead atoms. The van der Waals surface area contributed by atoms with E-state index >= 15 is 0 Å². The maximum absolute atomic E-state index is 10.1. The van der Waals surface area contributed by atoms with E-state index in [4.69, 9.17) is 5.73 Å². The molecule has 16 heavy (non-hydrogen) atoms. The summed E-state index contributed by atoms with van der Waals surface area (Å²) in [5, 5.41) is 10.1. The zero-order valence-corrected chi connectivity index (χ0v) is 11.2. The number of nitrogens with two attached hydrogens (primary N) is 1. The quantitative estimate of drug-likeness (QED) is 0.775. The molecule has 0 aromatic rings. The van der Waals surface area contributed by atoms with Crippen molar-refractivity contribution in [3.63, 3.8) is 0 Å². The van der Waals surface area contributed by atoms with Gasteiger partial charge in [-0.2, -0.15) is 0 Å². The van der Waals surface area contributed by atoms with Crippen molar-refractivity contribution in [2.45, 2.75) is 77.9 Å². The first-order chi connectivity index (χ1) is 7.38. The second-order valence-corrected chi connectivity index (χ2v) is 6.74. The Morgan fingerprint density at radius 1 is 1.19 bits per heavy atom. The van der Waals surface area contributed by atoms with Crippen molar-refractivity contribution in [2.24, 2.45) is 17.1 Å². The lowest BCUT2D eigenvalue weighted by Crippen LogP contribution is -2.39. The van der Waals surface area contributed by atoms with E-state index in [-0.39, 0.29) is 17.6 Å². The second kappa shape index (κ2) is 6.02. The second-order valence-electron chi connectivity index (χ2n) is 6.74. The van der Waals surface area contributed by atoms with Gasteiger partial charge in [0.1, 0.15) is 0 Å². The van der Waals surface area contributed by atoms with Crippen LogP contribution < -0.4 is 5.73 Å². The first-order valence-electron chi connectivity index (χ1n) is 6.82. The van der Waals surface area contributed by atoms with E-state index in [0.717, 1.165) is 18.8 Å². The topological polar surface area (TPSA) is 46.2 Å². The van der Waals surface area contributed by atoms with Crippen molar-refractivity contribution in [3.8, 4) is 0 Å². The summed E-state index contributed by atoms with van der Waals surface area (Å²) in [6.07, 6.45) is 8.21. The molecular formula is C14H29NO. The summed E-state index contributed by atoms with van der Waals surface area (Å²) in [5.74, 6) is 0.762. The molecule has 0 heterocycles. The van der Waals surface area contributed by atoms with Gasteiger partial charge in [-0.15, -0.1) is 0 Å². The zero-order chi connectivity index (χ0) is 12.2. The smallest absolute Gasteiger partial charge is 0.0696 e. The lowest BCUT2D eigenvalue weighted by molar-refractivity contribution is 0.0846. The van der Waals surface area contributed by atoms with Gasteiger partial charge in [0.25, 0.3) is 0 Å². The molecule has 1 fully saturated rings. The molecule has 1 rings (SSSR count). The van der Waals surface area contributed by atoms with Crippen LogP contribution in [0.25, 0.3) is 0 Å². The van der Waals surface area contributed by atoms with Gasteiger partial charge >= 0.3 is 0 Å². The third kappa shape index (κ3) is 5.31. The molecule has 0 amide bonds. The SMILES string of the molecule is CC(C)(C)C[C@H](O)[C@@H](N)CC1CCCCC1. The molecule has 3 N–H and O–H groups in total. The van der Waals surface area contributed by atoms with Crippen LogP contribution in [0.2, 0.25) is 0 Å². The Balaban J connectivity index is 2.29. The van der Waals surface area contributed by atoms with Crippen molar-refractivity contribution in [3.05, 3.63) is 0 Å². The van der Waals surface area contributed by atoms with Gasteiger partial charge < -0.3 is 10.8 Å². The summed E-state index contributed by atoms with van der Waals surface area (Å²) < 4.78 is 0. The average Bonchev–Trinajstić information content (AvgIpc) is 2.16. The fourth-order valence-corrected chi connectivity index (χ4v) is 2.74. The number of aliphatic hydroxyl groups excluding tert-OH is 1. The van der Waals surface area contributed by atoms with E-state index in [2.05, 4.69) is 20.8 Å². The molecule has 96 valence electrons. The molecule has 2 nitrogen and oxygen atoms in total. The largest absolute Gasteiger partial charge is 0.391 e. The molecule has 2 atom stereocenters. The Kier molecular flexibility index (Phi) is 5.26. The van der Waals surface area contributed by atoms with Gasteiger partial charge in [-0.1, -0.05) is 52.9 Å². The summed E-state index contributed by atoms with van der Waals surface area (Å²) in [4.78, 5) is 0. The lowest BCUT2D eigenvalue weighted by atomic mass is 9.81. The van der Waals surface area contributed by atoms with Crippen LogP contribution in [0.4, 0.5) is 0 Å². The van der Waals surface area contributed by atoms with Crippen LogP contribution in [0.3, 0.4) is 0 Å². The molecule has 1 saturated carbocycles. The molecule has 0 aromatic heterocycles. The standard InChI is InChI=1S/C14H29NO/c1-14(2,3)10-13(16)12(15)9-11-7-5-4-6-8-11/h11-13,16H,4-10,15H2,1-3H3/t12-,13-/m0/s1. The monoisotopic (exact) mass is 227 g/mol. The predicted octanol–water partition coefficient (Wildman–Crippen LogP) is 3.08. The molecule has 0 aromatic carbocycles. The highest BCUT2D eigenvalue weighted by molar-refractivity contribution is 4.80. The van der Waals surface area contributed by atoms with Crippen LogP contribution >= 0.6 is 0 Å². The Morgan fingerprint density at radius 3 is 2.25 bits per heavy atom. The number of hydrogen-bond acceptors (Lipinski definition) is 2. The van der Waals surface area contributed by atoms with E-state index in [1.165, 1.54) is 32.1 Å². The Hall–Kier alpha value is -0.0800. The first kappa shape index (κ1) is 14.0. The minimum atomic E-state index is -0.332. The van der Waals surface area contributed by atoms with Gasteiger partial charge in [0.2, 0.25) is 0 Å². The van der Waals surface area contributed by atoms with Crippen LogP contribution in [0.1, 0.15) is 65.7 Å². The van der Waals surface area contributed by atoms with Crippen LogP contribution in [0, 0.1) is 11.3 Å². The van der Waals surface area contributed by atoms with Gasteiger partial charge in [-0.25, -0.2) is 0 Å². The van der Waals surface area contributed by atoms with Crippen LogP contribution in [0.15, 0.2) is 0 Å². The third-order valence-electron chi connectivity index (χ3n) is 3.65. The maximum Gasteiger partial charge on any atom is 0.0696 e. The van der Waals surface area contributed by atoms with Crippen molar-refractivity contribution in [1.82, 2.24) is 0 Å². The Morgan fingerprint density at radius 2 is 1.75 bits per heavy atom. The van der Waals surface area contributed by atoms with Crippen LogP contribution in [0.5, 0.6) is 0 Å². The predicted molar refractivity (Wildman–Crippen MR) is 69.2 cm³/mol. The fraction of sp³-hybridized carbons (Fsp3) is 1.00. The zero-order valence-electron chi connectivity index (χ0n) is 11.2. The van der Waals surface area contributed by atoms with Crippen molar-refractivity contribution < 1.29 is 5.11 Å². The molecule has 2 heteroatoms. The number of hydrogen-bond donors (Lipinski definition) is 2. The summed E-state index contributed by atoms with van der Waals surface area (Å²) >= 11 is 0.